The van der Waals surface area contributed by atoms with Crippen molar-refractivity contribution in [2.75, 3.05) is 0 Å². The molecule has 0 spiro atoms. The Morgan fingerprint density at radius 2 is 2.25 bits per heavy atom. The molecule has 3 heterocycles. The van der Waals surface area contributed by atoms with Crippen LogP contribution >= 0.6 is 15.9 Å². The van der Waals surface area contributed by atoms with Gasteiger partial charge in [0, 0.05) is 18.4 Å². The van der Waals surface area contributed by atoms with E-state index in [0.717, 1.165) is 31.5 Å². The number of aromatic nitrogens is 2. The van der Waals surface area contributed by atoms with Crippen molar-refractivity contribution in [2.24, 2.45) is 5.73 Å². The van der Waals surface area contributed by atoms with E-state index in [1.165, 1.54) is 6.20 Å². The molecule has 0 radical (unpaired) electrons. The van der Waals surface area contributed by atoms with Crippen molar-refractivity contribution in [3.63, 3.8) is 0 Å². The van der Waals surface area contributed by atoms with E-state index >= 15 is 0 Å². The zero-order valence-electron chi connectivity index (χ0n) is 10.7. The summed E-state index contributed by atoms with van der Waals surface area (Å²) in [6, 6.07) is 3.34. The molecule has 2 aromatic heterocycles. The fraction of sp³-hybridized carbons (Fsp3) is 0.286. The van der Waals surface area contributed by atoms with Crippen molar-refractivity contribution in [3.8, 4) is 11.3 Å². The van der Waals surface area contributed by atoms with Gasteiger partial charge in [0.25, 0.3) is 5.91 Å². The Kier molecular flexibility index (Phi) is 3.33. The maximum absolute atomic E-state index is 14.0. The van der Waals surface area contributed by atoms with Crippen LogP contribution in [-0.4, -0.2) is 15.5 Å². The minimum atomic E-state index is -0.546. The molecule has 0 aromatic carbocycles. The van der Waals surface area contributed by atoms with Crippen molar-refractivity contribution in [2.45, 2.75) is 25.8 Å². The largest absolute Gasteiger partial charge is 0.366 e. The van der Waals surface area contributed by atoms with Gasteiger partial charge in [-0.1, -0.05) is 0 Å². The Morgan fingerprint density at radius 3 is 2.95 bits per heavy atom. The first-order valence-corrected chi connectivity index (χ1v) is 7.22. The Bertz CT molecular complexity index is 696. The predicted octanol–water partition coefficient (Wildman–Crippen LogP) is 2.89. The Morgan fingerprint density at radius 1 is 1.45 bits per heavy atom. The van der Waals surface area contributed by atoms with Crippen LogP contribution < -0.4 is 5.73 Å². The van der Waals surface area contributed by atoms with Crippen LogP contribution in [0.4, 0.5) is 4.39 Å². The summed E-state index contributed by atoms with van der Waals surface area (Å²) in [6.45, 7) is 0.755. The van der Waals surface area contributed by atoms with Gasteiger partial charge in [-0.05, 0) is 47.3 Å². The van der Waals surface area contributed by atoms with Gasteiger partial charge in [0.05, 0.1) is 21.3 Å². The van der Waals surface area contributed by atoms with E-state index in [9.17, 15) is 9.18 Å². The third-order valence-corrected chi connectivity index (χ3v) is 4.39. The Hall–Kier alpha value is -1.69. The lowest BCUT2D eigenvalue weighted by molar-refractivity contribution is 0.0998. The van der Waals surface area contributed by atoms with Gasteiger partial charge >= 0.3 is 0 Å². The number of rotatable bonds is 2. The molecule has 0 bridgehead atoms. The van der Waals surface area contributed by atoms with E-state index in [1.54, 1.807) is 12.1 Å². The number of fused-ring (bicyclic) bond motifs is 1. The molecule has 3 rings (SSSR count). The lowest BCUT2D eigenvalue weighted by atomic mass is 10.1. The molecule has 0 aliphatic carbocycles. The highest BCUT2D eigenvalue weighted by molar-refractivity contribution is 9.10. The highest BCUT2D eigenvalue weighted by Gasteiger charge is 2.28. The average Bonchev–Trinajstić information content (AvgIpc) is 2.71. The number of hydrogen-bond acceptors (Lipinski definition) is 2. The number of primary amides is 1. The second-order valence-corrected chi connectivity index (χ2v) is 5.59. The summed E-state index contributed by atoms with van der Waals surface area (Å²) in [5.41, 5.74) is 7.86. The van der Waals surface area contributed by atoms with Gasteiger partial charge < -0.3 is 10.3 Å². The molecule has 0 saturated heterocycles. The zero-order chi connectivity index (χ0) is 14.3. The molecule has 2 N–H and O–H groups in total. The minimum absolute atomic E-state index is 0.384. The van der Waals surface area contributed by atoms with Gasteiger partial charge in [0.2, 0.25) is 5.95 Å². The molecule has 6 heteroatoms. The van der Waals surface area contributed by atoms with Crippen LogP contribution in [0.15, 0.2) is 22.8 Å². The number of amides is 1. The quantitative estimate of drug-likeness (QED) is 0.856. The first-order chi connectivity index (χ1) is 9.61. The summed E-state index contributed by atoms with van der Waals surface area (Å²) in [6.07, 6.45) is 4.19. The van der Waals surface area contributed by atoms with Crippen molar-refractivity contribution in [1.82, 2.24) is 9.55 Å². The lowest BCUT2D eigenvalue weighted by Gasteiger charge is -2.18. The molecular weight excluding hydrogens is 325 g/mol. The molecule has 0 saturated carbocycles. The summed E-state index contributed by atoms with van der Waals surface area (Å²) >= 11 is 3.42. The van der Waals surface area contributed by atoms with E-state index in [4.69, 9.17) is 5.73 Å². The standard InChI is InChI=1S/C14H13BrFN3O/c15-11-10(14(17)20)9-5-1-2-7-19(9)12(11)8-4-3-6-18-13(8)16/h3-4,6H,1-2,5,7H2,(H2,17,20). The molecule has 1 amide bonds. The number of carbonyl (C=O) groups excluding carboxylic acids is 1. The summed E-state index contributed by atoms with van der Waals surface area (Å²) in [5, 5.41) is 0. The van der Waals surface area contributed by atoms with Crippen LogP contribution in [0.25, 0.3) is 11.3 Å². The predicted molar refractivity (Wildman–Crippen MR) is 76.8 cm³/mol. The SMILES string of the molecule is NC(=O)c1c(Br)c(-c2cccnc2F)n2c1CCCC2. The molecule has 20 heavy (non-hydrogen) atoms. The van der Waals surface area contributed by atoms with Crippen molar-refractivity contribution >= 4 is 21.8 Å². The number of hydrogen-bond donors (Lipinski definition) is 1. The van der Waals surface area contributed by atoms with Crippen LogP contribution in [0.1, 0.15) is 28.9 Å². The van der Waals surface area contributed by atoms with Crippen LogP contribution in [-0.2, 0) is 13.0 Å². The van der Waals surface area contributed by atoms with E-state index in [1.807, 2.05) is 4.57 Å². The maximum atomic E-state index is 14.0. The molecule has 0 atom stereocenters. The first-order valence-electron chi connectivity index (χ1n) is 6.42. The maximum Gasteiger partial charge on any atom is 0.251 e. The van der Waals surface area contributed by atoms with Crippen LogP contribution in [0, 0.1) is 5.95 Å². The highest BCUT2D eigenvalue weighted by atomic mass is 79.9. The highest BCUT2D eigenvalue weighted by Crippen LogP contribution is 2.39. The number of nitrogens with zero attached hydrogens (tertiary/aromatic N) is 2. The first kappa shape index (κ1) is 13.3. The summed E-state index contributed by atoms with van der Waals surface area (Å²) in [7, 11) is 0. The Balaban J connectivity index is 2.31. The van der Waals surface area contributed by atoms with Gasteiger partial charge in [-0.15, -0.1) is 0 Å². The van der Waals surface area contributed by atoms with Crippen molar-refractivity contribution in [1.29, 1.82) is 0 Å². The van der Waals surface area contributed by atoms with E-state index in [2.05, 4.69) is 20.9 Å². The second-order valence-electron chi connectivity index (χ2n) is 4.80. The third-order valence-electron chi connectivity index (χ3n) is 3.62. The molecule has 0 unspecified atom stereocenters. The van der Waals surface area contributed by atoms with E-state index < -0.39 is 11.9 Å². The molecule has 104 valence electrons. The monoisotopic (exact) mass is 337 g/mol. The van der Waals surface area contributed by atoms with E-state index in [0.29, 0.717) is 21.3 Å². The summed E-state index contributed by atoms with van der Waals surface area (Å²) < 4.78 is 16.5. The Labute approximate surface area is 123 Å². The van der Waals surface area contributed by atoms with Gasteiger partial charge in [0.15, 0.2) is 0 Å². The average molecular weight is 338 g/mol. The fourth-order valence-electron chi connectivity index (χ4n) is 2.78. The van der Waals surface area contributed by atoms with Crippen LogP contribution in [0.5, 0.6) is 0 Å². The zero-order valence-corrected chi connectivity index (χ0v) is 12.3. The van der Waals surface area contributed by atoms with Crippen molar-refractivity contribution < 1.29 is 9.18 Å². The smallest absolute Gasteiger partial charge is 0.251 e. The van der Waals surface area contributed by atoms with Crippen LogP contribution in [0.3, 0.4) is 0 Å². The molecule has 1 aliphatic rings. The van der Waals surface area contributed by atoms with E-state index in [-0.39, 0.29) is 0 Å². The number of halogens is 2. The molecule has 0 fully saturated rings. The lowest BCUT2D eigenvalue weighted by Crippen LogP contribution is -2.17. The van der Waals surface area contributed by atoms with Gasteiger partial charge in [-0.2, -0.15) is 4.39 Å². The minimum Gasteiger partial charge on any atom is -0.366 e. The van der Waals surface area contributed by atoms with Crippen molar-refractivity contribution in [3.05, 3.63) is 40.0 Å². The molecule has 2 aromatic rings. The molecule has 1 aliphatic heterocycles. The number of pyridine rings is 1. The molecular formula is C14H13BrFN3O. The van der Waals surface area contributed by atoms with Crippen LogP contribution in [0.2, 0.25) is 0 Å². The summed E-state index contributed by atoms with van der Waals surface area (Å²) in [5.74, 6) is -1.03. The molecule has 4 nitrogen and oxygen atoms in total. The van der Waals surface area contributed by atoms with Gasteiger partial charge in [-0.25, -0.2) is 4.98 Å². The third kappa shape index (κ3) is 1.95. The topological polar surface area (TPSA) is 60.9 Å². The van der Waals surface area contributed by atoms with Gasteiger partial charge in [-0.3, -0.25) is 4.79 Å². The number of nitrogens with two attached hydrogens (primary N) is 1. The van der Waals surface area contributed by atoms with Gasteiger partial charge in [0.1, 0.15) is 0 Å². The number of carbonyl (C=O) groups is 1. The fourth-order valence-corrected chi connectivity index (χ4v) is 3.63. The second kappa shape index (κ2) is 5.01. The normalized spacial score (nSPS) is 14.1. The summed E-state index contributed by atoms with van der Waals surface area (Å²) in [4.78, 5) is 15.4.